The van der Waals surface area contributed by atoms with Crippen LogP contribution in [0, 0.1) is 11.3 Å². The third-order valence-electron chi connectivity index (χ3n) is 1.11. The van der Waals surface area contributed by atoms with Crippen molar-refractivity contribution in [2.75, 3.05) is 0 Å². The lowest BCUT2D eigenvalue weighted by Crippen LogP contribution is -1.78. The molecular weight excluding hydrogens is 249 g/mol. The molecule has 11 heavy (non-hydrogen) atoms. The zero-order valence-corrected chi connectivity index (χ0v) is 8.33. The summed E-state index contributed by atoms with van der Waals surface area (Å²) in [6.45, 7) is 0. The first-order chi connectivity index (χ1) is 5.15. The molecule has 0 N–H and O–H groups in total. The van der Waals surface area contributed by atoms with Crippen LogP contribution in [0.1, 0.15) is 5.56 Å². The summed E-state index contributed by atoms with van der Waals surface area (Å²) in [5.74, 6) is 0. The standard InChI is InChI=1S/C7H2BrCl2N/c8-7-4(3-11)1-5(9)2-6(7)10/h1-2H. The fourth-order valence-corrected chi connectivity index (χ4v) is 1.45. The largest absolute Gasteiger partial charge is 0.192 e. The first kappa shape index (κ1) is 8.86. The van der Waals surface area contributed by atoms with Crippen molar-refractivity contribution >= 4 is 39.1 Å². The second-order valence-corrected chi connectivity index (χ2v) is 3.50. The summed E-state index contributed by atoms with van der Waals surface area (Å²) in [5, 5.41) is 9.49. The van der Waals surface area contributed by atoms with E-state index in [1.54, 1.807) is 12.1 Å². The second kappa shape index (κ2) is 3.44. The van der Waals surface area contributed by atoms with Crippen LogP contribution in [-0.4, -0.2) is 0 Å². The highest BCUT2D eigenvalue weighted by Gasteiger charge is 2.04. The molecular formula is C7H2BrCl2N. The molecule has 56 valence electrons. The predicted octanol–water partition coefficient (Wildman–Crippen LogP) is 3.63. The second-order valence-electron chi connectivity index (χ2n) is 1.86. The Bertz CT molecular complexity index is 330. The Morgan fingerprint density at radius 2 is 2.00 bits per heavy atom. The van der Waals surface area contributed by atoms with E-state index in [-0.39, 0.29) is 0 Å². The van der Waals surface area contributed by atoms with E-state index in [0.29, 0.717) is 20.1 Å². The van der Waals surface area contributed by atoms with E-state index < -0.39 is 0 Å². The van der Waals surface area contributed by atoms with Crippen molar-refractivity contribution in [2.24, 2.45) is 0 Å². The number of benzene rings is 1. The summed E-state index contributed by atoms with van der Waals surface area (Å²) < 4.78 is 0.589. The van der Waals surface area contributed by atoms with Crippen molar-refractivity contribution < 1.29 is 0 Å². The molecule has 1 aromatic rings. The van der Waals surface area contributed by atoms with Gasteiger partial charge in [0.15, 0.2) is 0 Å². The topological polar surface area (TPSA) is 23.8 Å². The van der Waals surface area contributed by atoms with Gasteiger partial charge < -0.3 is 0 Å². The molecule has 1 rings (SSSR count). The van der Waals surface area contributed by atoms with Gasteiger partial charge in [0.1, 0.15) is 6.07 Å². The molecule has 0 saturated carbocycles. The van der Waals surface area contributed by atoms with Crippen molar-refractivity contribution in [2.45, 2.75) is 0 Å². The van der Waals surface area contributed by atoms with Gasteiger partial charge in [-0.3, -0.25) is 0 Å². The first-order valence-corrected chi connectivity index (χ1v) is 4.24. The van der Waals surface area contributed by atoms with E-state index in [9.17, 15) is 0 Å². The van der Waals surface area contributed by atoms with Crippen LogP contribution in [-0.2, 0) is 0 Å². The first-order valence-electron chi connectivity index (χ1n) is 2.70. The lowest BCUT2D eigenvalue weighted by Gasteiger charge is -1.98. The number of rotatable bonds is 0. The van der Waals surface area contributed by atoms with E-state index in [2.05, 4.69) is 15.9 Å². The van der Waals surface area contributed by atoms with Crippen LogP contribution in [0.3, 0.4) is 0 Å². The Kier molecular flexibility index (Phi) is 2.78. The minimum atomic E-state index is 0.447. The number of nitriles is 1. The predicted molar refractivity (Wildman–Crippen MR) is 48.9 cm³/mol. The van der Waals surface area contributed by atoms with Gasteiger partial charge in [-0.05, 0) is 28.1 Å². The SMILES string of the molecule is N#Cc1cc(Cl)cc(Cl)c1Br. The van der Waals surface area contributed by atoms with Gasteiger partial charge in [0.25, 0.3) is 0 Å². The van der Waals surface area contributed by atoms with E-state index in [0.717, 1.165) is 0 Å². The number of halogens is 3. The number of hydrogen-bond donors (Lipinski definition) is 0. The Labute approximate surface area is 82.7 Å². The molecule has 0 fully saturated rings. The molecule has 0 bridgehead atoms. The maximum Gasteiger partial charge on any atom is 0.100 e. The average Bonchev–Trinajstić information content (AvgIpc) is 1.96. The Morgan fingerprint density at radius 3 is 2.55 bits per heavy atom. The highest BCUT2D eigenvalue weighted by Crippen LogP contribution is 2.29. The van der Waals surface area contributed by atoms with Gasteiger partial charge in [0.2, 0.25) is 0 Å². The lowest BCUT2D eigenvalue weighted by molar-refractivity contribution is 1.47. The van der Waals surface area contributed by atoms with Gasteiger partial charge in [-0.1, -0.05) is 23.2 Å². The maximum absolute atomic E-state index is 8.57. The van der Waals surface area contributed by atoms with Crippen molar-refractivity contribution in [3.8, 4) is 6.07 Å². The molecule has 4 heteroatoms. The average molecular weight is 251 g/mol. The van der Waals surface area contributed by atoms with Gasteiger partial charge in [0, 0.05) is 5.02 Å². The number of nitrogens with zero attached hydrogens (tertiary/aromatic N) is 1. The monoisotopic (exact) mass is 249 g/mol. The smallest absolute Gasteiger partial charge is 0.100 e. The van der Waals surface area contributed by atoms with E-state index in [1.807, 2.05) is 6.07 Å². The van der Waals surface area contributed by atoms with Crippen LogP contribution in [0.5, 0.6) is 0 Å². The molecule has 0 radical (unpaired) electrons. The maximum atomic E-state index is 8.57. The van der Waals surface area contributed by atoms with Gasteiger partial charge in [0.05, 0.1) is 15.1 Å². The zero-order valence-electron chi connectivity index (χ0n) is 5.24. The van der Waals surface area contributed by atoms with Gasteiger partial charge in [-0.2, -0.15) is 5.26 Å². The molecule has 1 nitrogen and oxygen atoms in total. The van der Waals surface area contributed by atoms with Crippen LogP contribution in [0.25, 0.3) is 0 Å². The molecule has 0 unspecified atom stereocenters. The van der Waals surface area contributed by atoms with Gasteiger partial charge in [-0.25, -0.2) is 0 Å². The van der Waals surface area contributed by atoms with Gasteiger partial charge >= 0.3 is 0 Å². The molecule has 0 aliphatic carbocycles. The molecule has 0 saturated heterocycles. The summed E-state index contributed by atoms with van der Waals surface area (Å²) in [4.78, 5) is 0. The minimum absolute atomic E-state index is 0.447. The van der Waals surface area contributed by atoms with Crippen molar-refractivity contribution in [1.29, 1.82) is 5.26 Å². The minimum Gasteiger partial charge on any atom is -0.192 e. The number of hydrogen-bond acceptors (Lipinski definition) is 1. The molecule has 0 aromatic heterocycles. The fraction of sp³-hybridized carbons (Fsp3) is 0. The van der Waals surface area contributed by atoms with Crippen molar-refractivity contribution in [3.05, 3.63) is 32.2 Å². The highest BCUT2D eigenvalue weighted by atomic mass is 79.9. The highest BCUT2D eigenvalue weighted by molar-refractivity contribution is 9.10. The van der Waals surface area contributed by atoms with Gasteiger partial charge in [-0.15, -0.1) is 0 Å². The molecule has 1 aromatic carbocycles. The third kappa shape index (κ3) is 1.87. The summed E-state index contributed by atoms with van der Waals surface area (Å²) in [6, 6.07) is 5.09. The van der Waals surface area contributed by atoms with Crippen LogP contribution in [0.15, 0.2) is 16.6 Å². The quantitative estimate of drug-likeness (QED) is 0.646. The summed E-state index contributed by atoms with van der Waals surface area (Å²) in [6.07, 6.45) is 0. The lowest BCUT2D eigenvalue weighted by atomic mass is 10.2. The van der Waals surface area contributed by atoms with E-state index in [1.165, 1.54) is 0 Å². The molecule has 0 heterocycles. The normalized spacial score (nSPS) is 9.27. The Balaban J connectivity index is 3.39. The molecule has 0 aliphatic heterocycles. The van der Waals surface area contributed by atoms with Crippen molar-refractivity contribution in [3.63, 3.8) is 0 Å². The Morgan fingerprint density at radius 1 is 1.36 bits per heavy atom. The molecule has 0 aliphatic rings. The fourth-order valence-electron chi connectivity index (χ4n) is 0.637. The van der Waals surface area contributed by atoms with Crippen LogP contribution < -0.4 is 0 Å². The third-order valence-corrected chi connectivity index (χ3v) is 2.71. The van der Waals surface area contributed by atoms with Crippen LogP contribution >= 0.6 is 39.1 Å². The summed E-state index contributed by atoms with van der Waals surface area (Å²) in [7, 11) is 0. The van der Waals surface area contributed by atoms with Crippen molar-refractivity contribution in [1.82, 2.24) is 0 Å². The summed E-state index contributed by atoms with van der Waals surface area (Å²) in [5.41, 5.74) is 0.447. The molecule has 0 atom stereocenters. The van der Waals surface area contributed by atoms with Crippen LogP contribution in [0.4, 0.5) is 0 Å². The molecule has 0 amide bonds. The van der Waals surface area contributed by atoms with E-state index >= 15 is 0 Å². The summed E-state index contributed by atoms with van der Waals surface area (Å²) >= 11 is 14.5. The van der Waals surface area contributed by atoms with E-state index in [4.69, 9.17) is 28.5 Å². The zero-order chi connectivity index (χ0) is 8.43. The molecule has 0 spiro atoms. The Hall–Kier alpha value is -0.230. The van der Waals surface area contributed by atoms with Crippen LogP contribution in [0.2, 0.25) is 10.0 Å².